The van der Waals surface area contributed by atoms with Gasteiger partial charge in [-0.1, -0.05) is 20.3 Å². The van der Waals surface area contributed by atoms with E-state index in [1.165, 1.54) is 12.8 Å². The van der Waals surface area contributed by atoms with Crippen molar-refractivity contribution >= 4 is 10.2 Å². The number of nitrogens with one attached hydrogen (secondary N) is 2. The third-order valence-corrected chi connectivity index (χ3v) is 6.20. The lowest BCUT2D eigenvalue weighted by Crippen LogP contribution is -2.54. The lowest BCUT2D eigenvalue weighted by atomic mass is 10.1. The van der Waals surface area contributed by atoms with Crippen LogP contribution in [0.5, 0.6) is 0 Å². The van der Waals surface area contributed by atoms with E-state index in [1.807, 2.05) is 20.8 Å². The molecule has 2 atom stereocenters. The minimum atomic E-state index is -3.36. The van der Waals surface area contributed by atoms with E-state index in [1.54, 1.807) is 4.31 Å². The van der Waals surface area contributed by atoms with E-state index in [-0.39, 0.29) is 12.1 Å². The minimum absolute atomic E-state index is 0.0287. The topological polar surface area (TPSA) is 61.4 Å². The molecule has 0 spiro atoms. The summed E-state index contributed by atoms with van der Waals surface area (Å²) in [6, 6.07) is 0.712. The van der Waals surface area contributed by atoms with Gasteiger partial charge in [0, 0.05) is 31.2 Å². The first-order valence-electron chi connectivity index (χ1n) is 7.92. The molecule has 20 heavy (non-hydrogen) atoms. The Hall–Kier alpha value is -0.170. The fourth-order valence-electron chi connectivity index (χ4n) is 2.52. The smallest absolute Gasteiger partial charge is 0.279 e. The number of nitrogens with zero attached hydrogens (tertiary/aromatic N) is 1. The molecule has 2 aliphatic rings. The van der Waals surface area contributed by atoms with Gasteiger partial charge >= 0.3 is 0 Å². The lowest BCUT2D eigenvalue weighted by Gasteiger charge is -2.36. The van der Waals surface area contributed by atoms with Crippen molar-refractivity contribution in [1.29, 1.82) is 0 Å². The fourth-order valence-corrected chi connectivity index (χ4v) is 4.34. The Balaban J connectivity index is 1.97. The van der Waals surface area contributed by atoms with Gasteiger partial charge < -0.3 is 5.32 Å². The zero-order chi connectivity index (χ0) is 14.8. The van der Waals surface area contributed by atoms with E-state index in [4.69, 9.17) is 0 Å². The molecule has 1 aliphatic carbocycles. The molecule has 6 heteroatoms. The highest BCUT2D eigenvalue weighted by Gasteiger charge is 2.34. The van der Waals surface area contributed by atoms with E-state index in [2.05, 4.69) is 10.0 Å². The molecule has 1 heterocycles. The van der Waals surface area contributed by atoms with E-state index in [0.29, 0.717) is 18.5 Å². The van der Waals surface area contributed by atoms with Crippen LogP contribution < -0.4 is 10.0 Å². The number of hydrogen-bond acceptors (Lipinski definition) is 3. The Labute approximate surface area is 123 Å². The van der Waals surface area contributed by atoms with Crippen LogP contribution in [0.2, 0.25) is 0 Å². The van der Waals surface area contributed by atoms with Crippen molar-refractivity contribution in [2.45, 2.75) is 71.0 Å². The maximum absolute atomic E-state index is 12.6. The van der Waals surface area contributed by atoms with Gasteiger partial charge in [-0.25, -0.2) is 0 Å². The van der Waals surface area contributed by atoms with E-state index < -0.39 is 10.2 Å². The standard InChI is InChI=1S/C14H29N3O2S/c1-11(2)12(3)16-20(18,19)17-9-5-4-6-14(17)10-15-13-7-8-13/h11-16H,4-10H2,1-3H3. The van der Waals surface area contributed by atoms with Crippen molar-refractivity contribution in [2.75, 3.05) is 13.1 Å². The SMILES string of the molecule is CC(C)C(C)NS(=O)(=O)N1CCCCC1CNC1CC1. The average Bonchev–Trinajstić information content (AvgIpc) is 3.20. The maximum Gasteiger partial charge on any atom is 0.279 e. The van der Waals surface area contributed by atoms with Crippen molar-refractivity contribution in [2.24, 2.45) is 5.92 Å². The first kappa shape index (κ1) is 16.2. The van der Waals surface area contributed by atoms with Crippen LogP contribution in [0.1, 0.15) is 52.9 Å². The van der Waals surface area contributed by atoms with Crippen LogP contribution in [0.3, 0.4) is 0 Å². The second-order valence-corrected chi connectivity index (χ2v) is 8.25. The molecule has 0 aromatic carbocycles. The van der Waals surface area contributed by atoms with Gasteiger partial charge in [0.1, 0.15) is 0 Å². The fraction of sp³-hybridized carbons (Fsp3) is 1.00. The lowest BCUT2D eigenvalue weighted by molar-refractivity contribution is 0.240. The highest BCUT2D eigenvalue weighted by molar-refractivity contribution is 7.87. The van der Waals surface area contributed by atoms with Crippen molar-refractivity contribution in [3.63, 3.8) is 0 Å². The van der Waals surface area contributed by atoms with E-state index in [9.17, 15) is 8.42 Å². The first-order valence-corrected chi connectivity index (χ1v) is 9.36. The summed E-state index contributed by atoms with van der Waals surface area (Å²) in [5.41, 5.74) is 0. The zero-order valence-corrected chi connectivity index (χ0v) is 13.7. The normalized spacial score (nSPS) is 26.9. The number of piperidine rings is 1. The Morgan fingerprint density at radius 2 is 1.85 bits per heavy atom. The molecule has 0 amide bonds. The quantitative estimate of drug-likeness (QED) is 0.749. The molecule has 1 aliphatic heterocycles. The highest BCUT2D eigenvalue weighted by atomic mass is 32.2. The summed E-state index contributed by atoms with van der Waals surface area (Å²) in [7, 11) is -3.36. The molecule has 2 fully saturated rings. The summed E-state index contributed by atoms with van der Waals surface area (Å²) in [4.78, 5) is 0. The maximum atomic E-state index is 12.6. The molecule has 0 aromatic heterocycles. The molecule has 1 saturated carbocycles. The van der Waals surface area contributed by atoms with Gasteiger partial charge in [-0.2, -0.15) is 17.4 Å². The second-order valence-electron chi connectivity index (χ2n) is 6.60. The highest BCUT2D eigenvalue weighted by Crippen LogP contribution is 2.23. The molecule has 0 bridgehead atoms. The molecule has 2 N–H and O–H groups in total. The molecule has 2 unspecified atom stereocenters. The Morgan fingerprint density at radius 3 is 2.45 bits per heavy atom. The molecular weight excluding hydrogens is 274 g/mol. The molecule has 0 radical (unpaired) electrons. The minimum Gasteiger partial charge on any atom is -0.312 e. The molecule has 5 nitrogen and oxygen atoms in total. The van der Waals surface area contributed by atoms with Crippen LogP contribution in [0.4, 0.5) is 0 Å². The average molecular weight is 303 g/mol. The molecule has 2 rings (SSSR count). The van der Waals surface area contributed by atoms with Crippen LogP contribution in [0, 0.1) is 5.92 Å². The van der Waals surface area contributed by atoms with Gasteiger partial charge in [0.05, 0.1) is 0 Å². The number of rotatable bonds is 7. The van der Waals surface area contributed by atoms with Crippen molar-refractivity contribution < 1.29 is 8.42 Å². The zero-order valence-electron chi connectivity index (χ0n) is 12.9. The molecule has 0 aromatic rings. The predicted molar refractivity (Wildman–Crippen MR) is 81.7 cm³/mol. The van der Waals surface area contributed by atoms with Crippen molar-refractivity contribution in [3.8, 4) is 0 Å². The Morgan fingerprint density at radius 1 is 1.15 bits per heavy atom. The van der Waals surface area contributed by atoms with Crippen LogP contribution in [-0.2, 0) is 10.2 Å². The Kier molecular flexibility index (Phi) is 5.45. The van der Waals surface area contributed by atoms with Crippen LogP contribution in [0.15, 0.2) is 0 Å². The van der Waals surface area contributed by atoms with Gasteiger partial charge in [-0.05, 0) is 38.5 Å². The van der Waals surface area contributed by atoms with Crippen LogP contribution >= 0.6 is 0 Å². The summed E-state index contributed by atoms with van der Waals surface area (Å²) >= 11 is 0. The first-order chi connectivity index (χ1) is 9.40. The van der Waals surface area contributed by atoms with Crippen LogP contribution in [-0.4, -0.2) is 43.9 Å². The third-order valence-electron chi connectivity index (χ3n) is 4.44. The van der Waals surface area contributed by atoms with Gasteiger partial charge in [-0.3, -0.25) is 0 Å². The van der Waals surface area contributed by atoms with Gasteiger partial charge in [-0.15, -0.1) is 0 Å². The monoisotopic (exact) mass is 303 g/mol. The van der Waals surface area contributed by atoms with E-state index in [0.717, 1.165) is 25.8 Å². The summed E-state index contributed by atoms with van der Waals surface area (Å²) < 4.78 is 29.6. The number of hydrogen-bond donors (Lipinski definition) is 2. The van der Waals surface area contributed by atoms with Crippen LogP contribution in [0.25, 0.3) is 0 Å². The van der Waals surface area contributed by atoms with Crippen molar-refractivity contribution in [1.82, 2.24) is 14.3 Å². The molecular formula is C14H29N3O2S. The predicted octanol–water partition coefficient (Wildman–Crippen LogP) is 1.47. The molecule has 118 valence electrons. The third kappa shape index (κ3) is 4.41. The second kappa shape index (κ2) is 6.73. The largest absolute Gasteiger partial charge is 0.312 e. The summed E-state index contributed by atoms with van der Waals surface area (Å²) in [6.45, 7) is 7.45. The van der Waals surface area contributed by atoms with E-state index >= 15 is 0 Å². The summed E-state index contributed by atoms with van der Waals surface area (Å²) in [5, 5.41) is 3.47. The van der Waals surface area contributed by atoms with Gasteiger partial charge in [0.25, 0.3) is 10.2 Å². The summed E-state index contributed by atoms with van der Waals surface area (Å²) in [5.74, 6) is 0.303. The van der Waals surface area contributed by atoms with Gasteiger partial charge in [0.2, 0.25) is 0 Å². The molecule has 1 saturated heterocycles. The Bertz CT molecular complexity index is 407. The van der Waals surface area contributed by atoms with Crippen molar-refractivity contribution in [3.05, 3.63) is 0 Å². The van der Waals surface area contributed by atoms with Gasteiger partial charge in [0.15, 0.2) is 0 Å². The summed E-state index contributed by atoms with van der Waals surface area (Å²) in [6.07, 6.45) is 5.54.